The van der Waals surface area contributed by atoms with Crippen molar-refractivity contribution in [3.63, 3.8) is 0 Å². The lowest BCUT2D eigenvalue weighted by molar-refractivity contribution is -0.119. The van der Waals surface area contributed by atoms with Crippen LogP contribution in [0.1, 0.15) is 29.2 Å². The van der Waals surface area contributed by atoms with E-state index in [1.54, 1.807) is 36.4 Å². The summed E-state index contributed by atoms with van der Waals surface area (Å²) in [4.78, 5) is 13.1. The Balaban J connectivity index is 1.88. The molecule has 1 N–H and O–H groups in total. The van der Waals surface area contributed by atoms with Crippen molar-refractivity contribution >= 4 is 21.6 Å². The van der Waals surface area contributed by atoms with Gasteiger partial charge in [-0.2, -0.15) is 0 Å². The average Bonchev–Trinajstić information content (AvgIpc) is 2.76. The highest BCUT2D eigenvalue weighted by molar-refractivity contribution is 7.92. The van der Waals surface area contributed by atoms with Crippen LogP contribution in [-0.2, 0) is 21.4 Å². The van der Waals surface area contributed by atoms with Crippen LogP contribution in [0.25, 0.3) is 0 Å². The molecule has 174 valence electrons. The number of nitrogens with zero attached hydrogens (tertiary/aromatic N) is 1. The lowest BCUT2D eigenvalue weighted by Gasteiger charge is -2.25. The van der Waals surface area contributed by atoms with Gasteiger partial charge in [-0.1, -0.05) is 42.0 Å². The highest BCUT2D eigenvalue weighted by Crippen LogP contribution is 2.26. The summed E-state index contributed by atoms with van der Waals surface area (Å²) in [5.74, 6) is 0.287. The molecule has 3 rings (SSSR count). The van der Waals surface area contributed by atoms with E-state index in [1.165, 1.54) is 4.31 Å². The first kappa shape index (κ1) is 24.3. The fraction of sp³-hybridized carbons (Fsp3) is 0.269. The minimum Gasteiger partial charge on any atom is -0.494 e. The Morgan fingerprint density at radius 3 is 2.18 bits per heavy atom. The third-order valence-electron chi connectivity index (χ3n) is 5.14. The van der Waals surface area contributed by atoms with Gasteiger partial charge in [-0.15, -0.1) is 0 Å². The SMILES string of the molecule is CCOc1ccccc1CNC(=O)CN(c1cc(C)cc(C)c1)S(=O)(=O)c1ccc(C)cc1. The van der Waals surface area contributed by atoms with Crippen LogP contribution >= 0.6 is 0 Å². The van der Waals surface area contributed by atoms with Crippen molar-refractivity contribution < 1.29 is 17.9 Å². The van der Waals surface area contributed by atoms with Crippen molar-refractivity contribution in [2.24, 2.45) is 0 Å². The number of carbonyl (C=O) groups excluding carboxylic acids is 1. The topological polar surface area (TPSA) is 75.7 Å². The molecule has 0 spiro atoms. The van der Waals surface area contributed by atoms with E-state index in [-0.39, 0.29) is 18.0 Å². The Kier molecular flexibility index (Phi) is 7.76. The Labute approximate surface area is 196 Å². The van der Waals surface area contributed by atoms with Crippen molar-refractivity contribution in [2.75, 3.05) is 17.5 Å². The molecule has 0 aromatic heterocycles. The zero-order valence-electron chi connectivity index (χ0n) is 19.5. The Morgan fingerprint density at radius 1 is 0.909 bits per heavy atom. The molecule has 0 radical (unpaired) electrons. The predicted molar refractivity (Wildman–Crippen MR) is 131 cm³/mol. The van der Waals surface area contributed by atoms with E-state index >= 15 is 0 Å². The molecule has 0 aliphatic heterocycles. The maximum Gasteiger partial charge on any atom is 0.264 e. The van der Waals surface area contributed by atoms with Gasteiger partial charge in [0.1, 0.15) is 12.3 Å². The first-order valence-electron chi connectivity index (χ1n) is 10.9. The largest absolute Gasteiger partial charge is 0.494 e. The molecular weight excluding hydrogens is 436 g/mol. The second-order valence-electron chi connectivity index (χ2n) is 7.99. The van der Waals surface area contributed by atoms with Crippen LogP contribution in [0, 0.1) is 20.8 Å². The van der Waals surface area contributed by atoms with E-state index < -0.39 is 15.9 Å². The first-order valence-corrected chi connectivity index (χ1v) is 12.3. The van der Waals surface area contributed by atoms with Gasteiger partial charge in [0.05, 0.1) is 17.2 Å². The van der Waals surface area contributed by atoms with Crippen LogP contribution in [0.3, 0.4) is 0 Å². The lowest BCUT2D eigenvalue weighted by atomic mass is 10.1. The summed E-state index contributed by atoms with van der Waals surface area (Å²) in [7, 11) is -3.95. The number of nitrogens with one attached hydrogen (secondary N) is 1. The molecule has 0 heterocycles. The van der Waals surface area contributed by atoms with Crippen LogP contribution in [0.4, 0.5) is 5.69 Å². The van der Waals surface area contributed by atoms with Crippen molar-refractivity contribution in [1.29, 1.82) is 0 Å². The third-order valence-corrected chi connectivity index (χ3v) is 6.93. The number of para-hydroxylation sites is 1. The maximum absolute atomic E-state index is 13.5. The zero-order valence-corrected chi connectivity index (χ0v) is 20.3. The second kappa shape index (κ2) is 10.5. The molecule has 0 bridgehead atoms. The number of anilines is 1. The molecule has 3 aromatic rings. The van der Waals surface area contributed by atoms with Gasteiger partial charge in [0.2, 0.25) is 5.91 Å². The molecule has 7 heteroatoms. The fourth-order valence-electron chi connectivity index (χ4n) is 3.57. The van der Waals surface area contributed by atoms with Crippen molar-refractivity contribution in [1.82, 2.24) is 5.32 Å². The summed E-state index contributed by atoms with van der Waals surface area (Å²) in [5, 5.41) is 2.83. The molecule has 0 saturated heterocycles. The number of hydrogen-bond donors (Lipinski definition) is 1. The summed E-state index contributed by atoms with van der Waals surface area (Å²) in [5.41, 5.74) is 4.07. The summed E-state index contributed by atoms with van der Waals surface area (Å²) in [6, 6.07) is 19.6. The van der Waals surface area contributed by atoms with E-state index in [2.05, 4.69) is 5.32 Å². The van der Waals surface area contributed by atoms with Crippen molar-refractivity contribution in [3.8, 4) is 5.75 Å². The fourth-order valence-corrected chi connectivity index (χ4v) is 4.98. The van der Waals surface area contributed by atoms with Crippen LogP contribution < -0.4 is 14.4 Å². The number of rotatable bonds is 9. The third kappa shape index (κ3) is 6.14. The van der Waals surface area contributed by atoms with Crippen LogP contribution in [0.15, 0.2) is 71.6 Å². The van der Waals surface area contributed by atoms with Crippen LogP contribution in [0.5, 0.6) is 5.75 Å². The lowest BCUT2D eigenvalue weighted by Crippen LogP contribution is -2.40. The summed E-state index contributed by atoms with van der Waals surface area (Å²) in [6.07, 6.45) is 0. The Hall–Kier alpha value is -3.32. The van der Waals surface area contributed by atoms with Crippen LogP contribution in [-0.4, -0.2) is 27.5 Å². The van der Waals surface area contributed by atoms with E-state index in [1.807, 2.05) is 58.0 Å². The number of benzene rings is 3. The molecule has 33 heavy (non-hydrogen) atoms. The standard InChI is InChI=1S/C26H30N2O4S/c1-5-32-25-9-7-6-8-22(25)17-27-26(29)18-28(23-15-20(3)14-21(4)16-23)33(30,31)24-12-10-19(2)11-13-24/h6-16H,5,17-18H2,1-4H3,(H,27,29). The number of hydrogen-bond acceptors (Lipinski definition) is 4. The average molecular weight is 467 g/mol. The molecule has 0 aliphatic carbocycles. The highest BCUT2D eigenvalue weighted by atomic mass is 32.2. The van der Waals surface area contributed by atoms with Gasteiger partial charge in [-0.25, -0.2) is 8.42 Å². The van der Waals surface area contributed by atoms with Gasteiger partial charge in [-0.05, 0) is 69.2 Å². The molecule has 0 saturated carbocycles. The molecule has 1 amide bonds. The van der Waals surface area contributed by atoms with E-state index in [0.717, 1.165) is 22.3 Å². The molecule has 3 aromatic carbocycles. The van der Waals surface area contributed by atoms with Gasteiger partial charge in [-0.3, -0.25) is 9.10 Å². The molecule has 0 unspecified atom stereocenters. The van der Waals surface area contributed by atoms with E-state index in [4.69, 9.17) is 4.74 Å². The van der Waals surface area contributed by atoms with E-state index in [0.29, 0.717) is 18.0 Å². The number of amides is 1. The summed E-state index contributed by atoms with van der Waals surface area (Å²) in [6.45, 7) is 8.00. The predicted octanol–water partition coefficient (Wildman–Crippen LogP) is 4.52. The Bertz CT molecular complexity index is 1200. The minimum absolute atomic E-state index is 0.141. The molecule has 0 atom stereocenters. The van der Waals surface area contributed by atoms with Gasteiger partial charge in [0, 0.05) is 12.1 Å². The summed E-state index contributed by atoms with van der Waals surface area (Å²) < 4.78 is 33.9. The van der Waals surface area contributed by atoms with Crippen molar-refractivity contribution in [2.45, 2.75) is 39.1 Å². The maximum atomic E-state index is 13.5. The van der Waals surface area contributed by atoms with Crippen molar-refractivity contribution in [3.05, 3.63) is 89.0 Å². The number of aryl methyl sites for hydroxylation is 3. The normalized spacial score (nSPS) is 11.2. The van der Waals surface area contributed by atoms with Gasteiger partial charge in [0.15, 0.2) is 0 Å². The van der Waals surface area contributed by atoms with Gasteiger partial charge < -0.3 is 10.1 Å². The Morgan fingerprint density at radius 2 is 1.55 bits per heavy atom. The first-order chi connectivity index (χ1) is 15.7. The molecule has 0 aliphatic rings. The molecule has 6 nitrogen and oxygen atoms in total. The second-order valence-corrected chi connectivity index (χ2v) is 9.85. The number of ether oxygens (including phenoxy) is 1. The van der Waals surface area contributed by atoms with Gasteiger partial charge >= 0.3 is 0 Å². The minimum atomic E-state index is -3.95. The van der Waals surface area contributed by atoms with Crippen LogP contribution in [0.2, 0.25) is 0 Å². The monoisotopic (exact) mass is 466 g/mol. The van der Waals surface area contributed by atoms with Gasteiger partial charge in [0.25, 0.3) is 10.0 Å². The summed E-state index contributed by atoms with van der Waals surface area (Å²) >= 11 is 0. The smallest absolute Gasteiger partial charge is 0.264 e. The molecule has 0 fully saturated rings. The molecular formula is C26H30N2O4S. The quantitative estimate of drug-likeness (QED) is 0.503. The number of sulfonamides is 1. The highest BCUT2D eigenvalue weighted by Gasteiger charge is 2.27. The zero-order chi connectivity index (χ0) is 24.0. The number of carbonyl (C=O) groups is 1. The van der Waals surface area contributed by atoms with E-state index in [9.17, 15) is 13.2 Å².